The van der Waals surface area contributed by atoms with Gasteiger partial charge in [-0.05, 0) is 24.6 Å². The van der Waals surface area contributed by atoms with Gasteiger partial charge in [-0.3, -0.25) is 15.1 Å². The highest BCUT2D eigenvalue weighted by Gasteiger charge is 2.57. The Hall–Kier alpha value is -1.97. The lowest BCUT2D eigenvalue weighted by Crippen LogP contribution is -2.40. The second-order valence-corrected chi connectivity index (χ2v) is 4.71. The van der Waals surface area contributed by atoms with E-state index in [4.69, 9.17) is 0 Å². The highest BCUT2D eigenvalue weighted by atomic mass is 16.6. The average Bonchev–Trinajstić information content (AvgIpc) is 2.67. The van der Waals surface area contributed by atoms with Crippen molar-refractivity contribution in [1.29, 1.82) is 0 Å². The van der Waals surface area contributed by atoms with Crippen LogP contribution >= 0.6 is 0 Å². The van der Waals surface area contributed by atoms with Gasteiger partial charge in [0.1, 0.15) is 0 Å². The summed E-state index contributed by atoms with van der Waals surface area (Å²) in [7, 11) is 0. The number of nitro groups is 1. The lowest BCUT2D eigenvalue weighted by Gasteiger charge is -2.29. The van der Waals surface area contributed by atoms with Gasteiger partial charge in [0.25, 0.3) is 5.54 Å². The van der Waals surface area contributed by atoms with Crippen molar-refractivity contribution in [3.63, 3.8) is 0 Å². The van der Waals surface area contributed by atoms with Crippen LogP contribution in [0.15, 0.2) is 36.6 Å². The molecule has 0 radical (unpaired) electrons. The van der Waals surface area contributed by atoms with Crippen LogP contribution < -0.4 is 0 Å². The zero-order valence-corrected chi connectivity index (χ0v) is 9.30. The fourth-order valence-electron chi connectivity index (χ4n) is 3.01. The molecule has 1 heterocycles. The first kappa shape index (κ1) is 10.2. The van der Waals surface area contributed by atoms with Crippen LogP contribution in [0.1, 0.15) is 24.1 Å². The van der Waals surface area contributed by atoms with Gasteiger partial charge in [-0.1, -0.05) is 18.2 Å². The molecule has 2 aliphatic carbocycles. The number of pyridine rings is 1. The molecule has 0 amide bonds. The van der Waals surface area contributed by atoms with Crippen molar-refractivity contribution in [2.24, 2.45) is 5.92 Å². The quantitative estimate of drug-likeness (QED) is 0.421. The first-order valence-corrected chi connectivity index (χ1v) is 5.59. The van der Waals surface area contributed by atoms with Crippen LogP contribution in [0.2, 0.25) is 0 Å². The Morgan fingerprint density at radius 1 is 1.59 bits per heavy atom. The second-order valence-electron chi connectivity index (χ2n) is 4.71. The number of aromatic nitrogens is 1. The summed E-state index contributed by atoms with van der Waals surface area (Å²) in [5.41, 5.74) is 1.37. The normalized spacial score (nSPS) is 29.9. The SMILES string of the molecule is C=C1CC2C=Cc3ncccc3C2([N+](=O)[O-])C1. The average molecular weight is 228 g/mol. The summed E-state index contributed by atoms with van der Waals surface area (Å²) in [6.07, 6.45) is 6.59. The van der Waals surface area contributed by atoms with Crippen molar-refractivity contribution < 1.29 is 4.92 Å². The largest absolute Gasteiger partial charge is 0.264 e. The van der Waals surface area contributed by atoms with Crippen LogP contribution in [0.5, 0.6) is 0 Å². The van der Waals surface area contributed by atoms with Crippen molar-refractivity contribution in [2.75, 3.05) is 0 Å². The van der Waals surface area contributed by atoms with Crippen molar-refractivity contribution in [2.45, 2.75) is 18.4 Å². The molecule has 1 saturated carbocycles. The minimum atomic E-state index is -1.03. The molecule has 4 nitrogen and oxygen atoms in total. The van der Waals surface area contributed by atoms with Gasteiger partial charge in [0.2, 0.25) is 0 Å². The molecular weight excluding hydrogens is 216 g/mol. The molecular formula is C13H12N2O2. The van der Waals surface area contributed by atoms with Crippen LogP contribution in [0, 0.1) is 16.0 Å². The minimum absolute atomic E-state index is 0.0818. The van der Waals surface area contributed by atoms with Gasteiger partial charge in [-0.15, -0.1) is 0 Å². The number of rotatable bonds is 1. The molecule has 3 rings (SSSR count). The molecule has 1 aromatic heterocycles. The van der Waals surface area contributed by atoms with E-state index in [1.165, 1.54) is 0 Å². The topological polar surface area (TPSA) is 56.0 Å². The zero-order valence-electron chi connectivity index (χ0n) is 9.30. The summed E-state index contributed by atoms with van der Waals surface area (Å²) >= 11 is 0. The second kappa shape index (κ2) is 3.26. The molecule has 2 unspecified atom stereocenters. The van der Waals surface area contributed by atoms with Crippen molar-refractivity contribution in [3.8, 4) is 0 Å². The van der Waals surface area contributed by atoms with Crippen LogP contribution in [0.3, 0.4) is 0 Å². The monoisotopic (exact) mass is 228 g/mol. The highest BCUT2D eigenvalue weighted by molar-refractivity contribution is 5.57. The molecule has 1 aromatic rings. The molecule has 0 aliphatic heterocycles. The standard InChI is InChI=1S/C13H12N2O2/c1-9-7-10-4-5-12-11(3-2-6-14-12)13(10,8-9)15(16)17/h2-6,10H,1,7-8H2. The van der Waals surface area contributed by atoms with Gasteiger partial charge in [-0.2, -0.15) is 0 Å². The van der Waals surface area contributed by atoms with Gasteiger partial charge in [0.05, 0.1) is 17.2 Å². The van der Waals surface area contributed by atoms with E-state index in [1.807, 2.05) is 18.2 Å². The van der Waals surface area contributed by atoms with E-state index < -0.39 is 5.54 Å². The molecule has 0 N–H and O–H groups in total. The van der Waals surface area contributed by atoms with E-state index in [0.717, 1.165) is 16.8 Å². The summed E-state index contributed by atoms with van der Waals surface area (Å²) in [6.45, 7) is 3.92. The maximum absolute atomic E-state index is 11.6. The zero-order chi connectivity index (χ0) is 12.0. The number of hydrogen-bond acceptors (Lipinski definition) is 3. The van der Waals surface area contributed by atoms with Crippen LogP contribution in [-0.4, -0.2) is 9.91 Å². The molecule has 2 atom stereocenters. The Kier molecular flexibility index (Phi) is 1.96. The fraction of sp³-hybridized carbons (Fsp3) is 0.308. The molecule has 0 saturated heterocycles. The maximum atomic E-state index is 11.6. The molecule has 0 aromatic carbocycles. The predicted octanol–water partition coefficient (Wildman–Crippen LogP) is 2.55. The van der Waals surface area contributed by atoms with Crippen LogP contribution in [0.4, 0.5) is 0 Å². The Bertz CT molecular complexity index is 550. The van der Waals surface area contributed by atoms with Crippen molar-refractivity contribution in [1.82, 2.24) is 4.98 Å². The Labute approximate surface area is 98.8 Å². The third-order valence-electron chi connectivity index (χ3n) is 3.76. The van der Waals surface area contributed by atoms with Gasteiger partial charge in [0, 0.05) is 17.5 Å². The van der Waals surface area contributed by atoms with E-state index in [-0.39, 0.29) is 10.8 Å². The molecule has 86 valence electrons. The third-order valence-corrected chi connectivity index (χ3v) is 3.76. The van der Waals surface area contributed by atoms with E-state index >= 15 is 0 Å². The van der Waals surface area contributed by atoms with Gasteiger partial charge in [-0.25, -0.2) is 0 Å². The summed E-state index contributed by atoms with van der Waals surface area (Å²) in [5.74, 6) is -0.0818. The first-order chi connectivity index (χ1) is 8.14. The number of hydrogen-bond donors (Lipinski definition) is 0. The van der Waals surface area contributed by atoms with E-state index in [0.29, 0.717) is 12.8 Å². The van der Waals surface area contributed by atoms with Crippen molar-refractivity contribution >= 4 is 6.08 Å². The Balaban J connectivity index is 2.27. The summed E-state index contributed by atoms with van der Waals surface area (Å²) in [5, 5.41) is 11.6. The summed E-state index contributed by atoms with van der Waals surface area (Å²) in [6, 6.07) is 3.58. The minimum Gasteiger partial charge on any atom is -0.264 e. The lowest BCUT2D eigenvalue weighted by molar-refractivity contribution is -0.584. The molecule has 4 heteroatoms. The smallest absolute Gasteiger partial charge is 0.259 e. The predicted molar refractivity (Wildman–Crippen MR) is 63.8 cm³/mol. The Morgan fingerprint density at radius 2 is 2.41 bits per heavy atom. The van der Waals surface area contributed by atoms with Gasteiger partial charge >= 0.3 is 0 Å². The fourth-order valence-corrected chi connectivity index (χ4v) is 3.01. The van der Waals surface area contributed by atoms with Crippen molar-refractivity contribution in [3.05, 3.63) is 57.9 Å². The van der Waals surface area contributed by atoms with Crippen LogP contribution in [0.25, 0.3) is 6.08 Å². The summed E-state index contributed by atoms with van der Waals surface area (Å²) < 4.78 is 0. The lowest BCUT2D eigenvalue weighted by atomic mass is 9.76. The van der Waals surface area contributed by atoms with E-state index in [2.05, 4.69) is 11.6 Å². The van der Waals surface area contributed by atoms with Gasteiger partial charge < -0.3 is 0 Å². The molecule has 0 bridgehead atoms. The van der Waals surface area contributed by atoms with E-state index in [1.54, 1.807) is 12.3 Å². The number of nitrogens with zero attached hydrogens (tertiary/aromatic N) is 2. The van der Waals surface area contributed by atoms with Crippen LogP contribution in [-0.2, 0) is 5.54 Å². The Morgan fingerprint density at radius 3 is 3.18 bits per heavy atom. The van der Waals surface area contributed by atoms with Gasteiger partial charge in [0.15, 0.2) is 0 Å². The first-order valence-electron chi connectivity index (χ1n) is 5.59. The molecule has 2 aliphatic rings. The highest BCUT2D eigenvalue weighted by Crippen LogP contribution is 2.51. The number of fused-ring (bicyclic) bond motifs is 3. The summed E-state index contributed by atoms with van der Waals surface area (Å²) in [4.78, 5) is 15.6. The molecule has 0 spiro atoms. The molecule has 1 fully saturated rings. The third kappa shape index (κ3) is 1.21. The van der Waals surface area contributed by atoms with E-state index in [9.17, 15) is 10.1 Å². The molecule has 17 heavy (non-hydrogen) atoms. The maximum Gasteiger partial charge on any atom is 0.259 e.